The minimum absolute atomic E-state index is 0.0382. The first-order valence-corrected chi connectivity index (χ1v) is 11.1. The van der Waals surface area contributed by atoms with E-state index in [4.69, 9.17) is 4.74 Å². The number of rotatable bonds is 8. The number of carbonyl (C=O) groups is 2. The molecule has 1 N–H and O–H groups in total. The highest BCUT2D eigenvalue weighted by molar-refractivity contribution is 6.04. The quantitative estimate of drug-likeness (QED) is 0.696. The van der Waals surface area contributed by atoms with Gasteiger partial charge in [0, 0.05) is 46.5 Å². The van der Waals surface area contributed by atoms with E-state index in [1.54, 1.807) is 18.2 Å². The van der Waals surface area contributed by atoms with Gasteiger partial charge in [-0.05, 0) is 50.1 Å². The summed E-state index contributed by atoms with van der Waals surface area (Å²) in [7, 11) is 3.59. The van der Waals surface area contributed by atoms with E-state index >= 15 is 0 Å². The molecule has 2 amide bonds. The van der Waals surface area contributed by atoms with Crippen LogP contribution in [0.5, 0.6) is 0 Å². The summed E-state index contributed by atoms with van der Waals surface area (Å²) in [6.45, 7) is 5.50. The zero-order valence-corrected chi connectivity index (χ0v) is 18.1. The van der Waals surface area contributed by atoms with Gasteiger partial charge in [-0.15, -0.1) is 0 Å². The van der Waals surface area contributed by atoms with Crippen LogP contribution in [0, 0.1) is 11.8 Å². The van der Waals surface area contributed by atoms with E-state index in [2.05, 4.69) is 15.2 Å². The maximum absolute atomic E-state index is 13.1. The number of anilines is 2. The monoisotopic (exact) mass is 415 g/mol. The predicted octanol–water partition coefficient (Wildman–Crippen LogP) is 1.68. The molecular formula is C22H33N5O3. The van der Waals surface area contributed by atoms with Gasteiger partial charge in [0.25, 0.3) is 5.91 Å². The molecule has 8 heteroatoms. The molecular weight excluding hydrogens is 382 g/mol. The molecule has 164 valence electrons. The number of hydrogen-bond donors (Lipinski definition) is 1. The third kappa shape index (κ3) is 4.92. The molecule has 0 spiro atoms. The van der Waals surface area contributed by atoms with Crippen LogP contribution in [0.15, 0.2) is 12.3 Å². The molecule has 1 aromatic heterocycles. The van der Waals surface area contributed by atoms with Crippen LogP contribution in [0.25, 0.3) is 0 Å². The SMILES string of the molecule is COCCN1CCCC(CN(C)C(=O)c2cnc3c(c2)N(CC2CC2)C(=O)CN3)C1. The van der Waals surface area contributed by atoms with Crippen LogP contribution in [0.1, 0.15) is 36.0 Å². The van der Waals surface area contributed by atoms with E-state index in [-0.39, 0.29) is 18.4 Å². The van der Waals surface area contributed by atoms with Gasteiger partial charge in [0.05, 0.1) is 24.4 Å². The minimum Gasteiger partial charge on any atom is -0.383 e. The Balaban J connectivity index is 1.41. The molecule has 1 atom stereocenters. The highest BCUT2D eigenvalue weighted by atomic mass is 16.5. The summed E-state index contributed by atoms with van der Waals surface area (Å²) in [5, 5.41) is 3.08. The fourth-order valence-corrected chi connectivity index (χ4v) is 4.47. The lowest BCUT2D eigenvalue weighted by molar-refractivity contribution is -0.117. The lowest BCUT2D eigenvalue weighted by Crippen LogP contribution is -2.43. The summed E-state index contributed by atoms with van der Waals surface area (Å²) >= 11 is 0. The van der Waals surface area contributed by atoms with Crippen molar-refractivity contribution in [1.29, 1.82) is 0 Å². The number of likely N-dealkylation sites (tertiary alicyclic amines) is 1. The third-order valence-electron chi connectivity index (χ3n) is 6.34. The van der Waals surface area contributed by atoms with Crippen LogP contribution in [-0.4, -0.2) is 86.6 Å². The van der Waals surface area contributed by atoms with Crippen LogP contribution in [0.3, 0.4) is 0 Å². The topological polar surface area (TPSA) is 78.0 Å². The molecule has 1 aliphatic carbocycles. The molecule has 3 heterocycles. The van der Waals surface area contributed by atoms with Crippen LogP contribution in [0.2, 0.25) is 0 Å². The molecule has 1 saturated carbocycles. The first-order valence-electron chi connectivity index (χ1n) is 11.1. The van der Waals surface area contributed by atoms with Crippen molar-refractivity contribution in [3.8, 4) is 0 Å². The predicted molar refractivity (Wildman–Crippen MR) is 116 cm³/mol. The van der Waals surface area contributed by atoms with Crippen molar-refractivity contribution in [2.24, 2.45) is 11.8 Å². The summed E-state index contributed by atoms with van der Waals surface area (Å²) in [6, 6.07) is 1.83. The second-order valence-corrected chi connectivity index (χ2v) is 8.88. The number of nitrogens with zero attached hydrogens (tertiary/aromatic N) is 4. The summed E-state index contributed by atoms with van der Waals surface area (Å²) < 4.78 is 5.20. The minimum atomic E-state index is -0.0382. The van der Waals surface area contributed by atoms with Gasteiger partial charge in [-0.25, -0.2) is 4.98 Å². The number of aromatic nitrogens is 1. The van der Waals surface area contributed by atoms with Crippen LogP contribution in [-0.2, 0) is 9.53 Å². The summed E-state index contributed by atoms with van der Waals surface area (Å²) in [5.41, 5.74) is 1.28. The molecule has 0 aromatic carbocycles. The van der Waals surface area contributed by atoms with Crippen molar-refractivity contribution in [2.45, 2.75) is 25.7 Å². The van der Waals surface area contributed by atoms with Crippen LogP contribution in [0.4, 0.5) is 11.5 Å². The first-order chi connectivity index (χ1) is 14.5. The average Bonchev–Trinajstić information content (AvgIpc) is 3.58. The zero-order valence-electron chi connectivity index (χ0n) is 18.1. The summed E-state index contributed by atoms with van der Waals surface area (Å²) in [5.74, 6) is 1.74. The highest BCUT2D eigenvalue weighted by Crippen LogP contribution is 2.35. The molecule has 1 saturated heterocycles. The van der Waals surface area contributed by atoms with E-state index in [1.807, 2.05) is 18.0 Å². The van der Waals surface area contributed by atoms with E-state index in [0.29, 0.717) is 23.2 Å². The Hall–Kier alpha value is -2.19. The number of piperidine rings is 1. The number of nitrogens with one attached hydrogen (secondary N) is 1. The number of pyridine rings is 1. The van der Waals surface area contributed by atoms with E-state index in [1.165, 1.54) is 12.8 Å². The molecule has 30 heavy (non-hydrogen) atoms. The van der Waals surface area contributed by atoms with Gasteiger partial charge < -0.3 is 24.8 Å². The Morgan fingerprint density at radius 3 is 2.93 bits per heavy atom. The average molecular weight is 416 g/mol. The Kier molecular flexibility index (Phi) is 6.53. The van der Waals surface area contributed by atoms with Crippen molar-refractivity contribution in [3.05, 3.63) is 17.8 Å². The van der Waals surface area contributed by atoms with E-state index in [0.717, 1.165) is 57.9 Å². The molecule has 1 aromatic rings. The van der Waals surface area contributed by atoms with Gasteiger partial charge in [0.1, 0.15) is 5.82 Å². The molecule has 1 unspecified atom stereocenters. The lowest BCUT2D eigenvalue weighted by atomic mass is 9.97. The van der Waals surface area contributed by atoms with Crippen molar-refractivity contribution < 1.29 is 14.3 Å². The number of fused-ring (bicyclic) bond motifs is 1. The molecule has 2 aliphatic heterocycles. The van der Waals surface area contributed by atoms with Crippen molar-refractivity contribution in [1.82, 2.24) is 14.8 Å². The maximum atomic E-state index is 13.1. The Bertz CT molecular complexity index is 782. The lowest BCUT2D eigenvalue weighted by Gasteiger charge is -2.34. The van der Waals surface area contributed by atoms with Gasteiger partial charge in [-0.2, -0.15) is 0 Å². The Labute approximate surface area is 178 Å². The third-order valence-corrected chi connectivity index (χ3v) is 6.34. The smallest absolute Gasteiger partial charge is 0.255 e. The van der Waals surface area contributed by atoms with Gasteiger partial charge >= 0.3 is 0 Å². The first kappa shape index (κ1) is 21.1. The normalized spacial score (nSPS) is 21.9. The number of methoxy groups -OCH3 is 1. The standard InChI is InChI=1S/C22H33N5O3/c1-25(13-17-4-3-7-26(14-17)8-9-30-2)22(29)18-10-19-21(23-11-18)24-12-20(28)27(19)15-16-5-6-16/h10-11,16-17H,3-9,12-15H2,1-2H3,(H,23,24). The molecule has 2 fully saturated rings. The Morgan fingerprint density at radius 1 is 1.33 bits per heavy atom. The highest BCUT2D eigenvalue weighted by Gasteiger charge is 2.32. The second-order valence-electron chi connectivity index (χ2n) is 8.88. The maximum Gasteiger partial charge on any atom is 0.255 e. The summed E-state index contributed by atoms with van der Waals surface area (Å²) in [6.07, 6.45) is 6.26. The fraction of sp³-hybridized carbons (Fsp3) is 0.682. The van der Waals surface area contributed by atoms with E-state index < -0.39 is 0 Å². The molecule has 8 nitrogen and oxygen atoms in total. The van der Waals surface area contributed by atoms with E-state index in [9.17, 15) is 9.59 Å². The molecule has 0 bridgehead atoms. The van der Waals surface area contributed by atoms with Crippen LogP contribution >= 0.6 is 0 Å². The zero-order chi connectivity index (χ0) is 21.1. The summed E-state index contributed by atoms with van der Waals surface area (Å²) in [4.78, 5) is 36.0. The van der Waals surface area contributed by atoms with Crippen molar-refractivity contribution >= 4 is 23.3 Å². The van der Waals surface area contributed by atoms with Gasteiger partial charge in [0.2, 0.25) is 5.91 Å². The largest absolute Gasteiger partial charge is 0.383 e. The van der Waals surface area contributed by atoms with Crippen molar-refractivity contribution in [3.63, 3.8) is 0 Å². The van der Waals surface area contributed by atoms with Gasteiger partial charge in [-0.3, -0.25) is 9.59 Å². The molecule has 0 radical (unpaired) electrons. The number of ether oxygens (including phenoxy) is 1. The van der Waals surface area contributed by atoms with Gasteiger partial charge in [-0.1, -0.05) is 0 Å². The fourth-order valence-electron chi connectivity index (χ4n) is 4.47. The molecule has 4 rings (SSSR count). The van der Waals surface area contributed by atoms with Gasteiger partial charge in [0.15, 0.2) is 0 Å². The van der Waals surface area contributed by atoms with Crippen molar-refractivity contribution in [2.75, 3.05) is 70.2 Å². The number of carbonyl (C=O) groups excluding carboxylic acids is 2. The number of hydrogen-bond acceptors (Lipinski definition) is 6. The number of amides is 2. The molecule has 3 aliphatic rings. The second kappa shape index (κ2) is 9.31. The Morgan fingerprint density at radius 2 is 2.17 bits per heavy atom. The van der Waals surface area contributed by atoms with Crippen LogP contribution < -0.4 is 10.2 Å².